The quantitative estimate of drug-likeness (QED) is 0.562. The van der Waals surface area contributed by atoms with Crippen LogP contribution < -0.4 is 4.74 Å². The second-order valence-corrected chi connectivity index (χ2v) is 5.38. The Morgan fingerprint density at radius 2 is 2.12 bits per heavy atom. The highest BCUT2D eigenvalue weighted by molar-refractivity contribution is 9.10. The van der Waals surface area contributed by atoms with Gasteiger partial charge in [0.05, 0.1) is 6.61 Å². The van der Waals surface area contributed by atoms with Crippen LogP contribution in [0, 0.1) is 0 Å². The smallest absolute Gasteiger partial charge is 0.217 e. The van der Waals surface area contributed by atoms with Crippen LogP contribution in [0.3, 0.4) is 0 Å². The third-order valence-electron chi connectivity index (χ3n) is 2.88. The Bertz CT molecular complexity index is 366. The van der Waals surface area contributed by atoms with Gasteiger partial charge in [0.15, 0.2) is 0 Å². The van der Waals surface area contributed by atoms with Gasteiger partial charge in [-0.15, -0.1) is 0 Å². The highest BCUT2D eigenvalue weighted by Gasteiger charge is 2.27. The van der Waals surface area contributed by atoms with Crippen LogP contribution in [0.4, 0.5) is 0 Å². The van der Waals surface area contributed by atoms with E-state index in [4.69, 9.17) is 4.74 Å². The molecule has 1 saturated carbocycles. The van der Waals surface area contributed by atoms with Crippen LogP contribution >= 0.6 is 15.9 Å². The van der Waals surface area contributed by atoms with Gasteiger partial charge in [-0.1, -0.05) is 26.2 Å². The Labute approximate surface area is 111 Å². The molecule has 0 atom stereocenters. The van der Waals surface area contributed by atoms with E-state index >= 15 is 0 Å². The fourth-order valence-corrected chi connectivity index (χ4v) is 2.09. The van der Waals surface area contributed by atoms with Crippen molar-refractivity contribution in [2.24, 2.45) is 0 Å². The maximum Gasteiger partial charge on any atom is 0.217 e. The molecule has 3 nitrogen and oxygen atoms in total. The molecule has 0 unspecified atom stereocenters. The zero-order valence-electron chi connectivity index (χ0n) is 10.3. The van der Waals surface area contributed by atoms with Crippen molar-refractivity contribution in [2.45, 2.75) is 51.4 Å². The minimum Gasteiger partial charge on any atom is -0.478 e. The Morgan fingerprint density at radius 1 is 1.29 bits per heavy atom. The predicted molar refractivity (Wildman–Crippen MR) is 71.3 cm³/mol. The van der Waals surface area contributed by atoms with Gasteiger partial charge >= 0.3 is 0 Å². The van der Waals surface area contributed by atoms with Crippen LogP contribution in [-0.2, 0) is 0 Å². The minimum absolute atomic E-state index is 0.565. The van der Waals surface area contributed by atoms with Gasteiger partial charge in [-0.25, -0.2) is 4.98 Å². The molecule has 0 saturated heterocycles. The van der Waals surface area contributed by atoms with Gasteiger partial charge < -0.3 is 4.74 Å². The summed E-state index contributed by atoms with van der Waals surface area (Å²) in [5.74, 6) is 2.21. The molecule has 0 spiro atoms. The van der Waals surface area contributed by atoms with Crippen LogP contribution in [0.5, 0.6) is 5.88 Å². The molecular weight excluding hydrogens is 280 g/mol. The van der Waals surface area contributed by atoms with Crippen molar-refractivity contribution in [3.8, 4) is 5.88 Å². The molecular formula is C13H19BrN2O. The normalized spacial score (nSPS) is 14.9. The zero-order chi connectivity index (χ0) is 12.1. The topological polar surface area (TPSA) is 35.0 Å². The van der Waals surface area contributed by atoms with Crippen molar-refractivity contribution in [1.29, 1.82) is 0 Å². The first-order valence-corrected chi connectivity index (χ1v) is 7.26. The molecule has 0 radical (unpaired) electrons. The predicted octanol–water partition coefficient (Wildman–Crippen LogP) is 4.08. The summed E-state index contributed by atoms with van der Waals surface area (Å²) in [6.07, 6.45) is 7.31. The molecule has 1 aliphatic rings. The number of unbranched alkanes of at least 4 members (excludes halogenated alkanes) is 3. The zero-order valence-corrected chi connectivity index (χ0v) is 11.9. The third-order valence-corrected chi connectivity index (χ3v) is 3.29. The summed E-state index contributed by atoms with van der Waals surface area (Å²) in [5, 5.41) is 0. The Balaban J connectivity index is 1.82. The lowest BCUT2D eigenvalue weighted by Crippen LogP contribution is -2.02. The first kappa shape index (κ1) is 12.8. The van der Waals surface area contributed by atoms with E-state index < -0.39 is 0 Å². The fraction of sp³-hybridized carbons (Fsp3) is 0.692. The van der Waals surface area contributed by atoms with Crippen molar-refractivity contribution in [1.82, 2.24) is 9.97 Å². The molecule has 0 amide bonds. The Hall–Kier alpha value is -0.640. The van der Waals surface area contributed by atoms with E-state index in [2.05, 4.69) is 32.8 Å². The average molecular weight is 299 g/mol. The first-order valence-electron chi connectivity index (χ1n) is 6.47. The third kappa shape index (κ3) is 4.26. The van der Waals surface area contributed by atoms with Crippen molar-refractivity contribution < 1.29 is 4.74 Å². The van der Waals surface area contributed by atoms with Gasteiger partial charge in [0, 0.05) is 12.0 Å². The summed E-state index contributed by atoms with van der Waals surface area (Å²) in [6, 6.07) is 1.85. The maximum atomic E-state index is 5.67. The van der Waals surface area contributed by atoms with E-state index in [1.165, 1.54) is 32.1 Å². The van der Waals surface area contributed by atoms with E-state index in [9.17, 15) is 0 Å². The van der Waals surface area contributed by atoms with Gasteiger partial charge in [-0.2, -0.15) is 4.98 Å². The van der Waals surface area contributed by atoms with E-state index in [0.29, 0.717) is 11.8 Å². The summed E-state index contributed by atoms with van der Waals surface area (Å²) in [6.45, 7) is 2.97. The van der Waals surface area contributed by atoms with E-state index in [0.717, 1.165) is 23.5 Å². The molecule has 17 heavy (non-hydrogen) atoms. The summed E-state index contributed by atoms with van der Waals surface area (Å²) in [7, 11) is 0. The number of halogens is 1. The van der Waals surface area contributed by atoms with Crippen LogP contribution in [0.25, 0.3) is 0 Å². The van der Waals surface area contributed by atoms with Gasteiger partial charge in [-0.05, 0) is 35.2 Å². The van der Waals surface area contributed by atoms with Crippen molar-refractivity contribution in [3.05, 3.63) is 16.5 Å². The summed E-state index contributed by atoms with van der Waals surface area (Å²) >= 11 is 3.41. The standard InChI is InChI=1S/C13H19BrN2O/c1-2-3-4-5-8-17-12-9-11(14)15-13(16-12)10-6-7-10/h9-10H,2-8H2,1H3. The first-order chi connectivity index (χ1) is 8.29. The molecule has 94 valence electrons. The number of hydrogen-bond acceptors (Lipinski definition) is 3. The van der Waals surface area contributed by atoms with Gasteiger partial charge in [-0.3, -0.25) is 0 Å². The van der Waals surface area contributed by atoms with Crippen LogP contribution in [-0.4, -0.2) is 16.6 Å². The lowest BCUT2D eigenvalue weighted by atomic mass is 10.2. The maximum absolute atomic E-state index is 5.67. The number of hydrogen-bond donors (Lipinski definition) is 0. The molecule has 4 heteroatoms. The number of nitrogens with zero attached hydrogens (tertiary/aromatic N) is 2. The van der Waals surface area contributed by atoms with Crippen LogP contribution in [0.1, 0.15) is 57.2 Å². The number of aromatic nitrogens is 2. The van der Waals surface area contributed by atoms with Gasteiger partial charge in [0.2, 0.25) is 5.88 Å². The van der Waals surface area contributed by atoms with Crippen molar-refractivity contribution >= 4 is 15.9 Å². The SMILES string of the molecule is CCCCCCOc1cc(Br)nc(C2CC2)n1. The van der Waals surface area contributed by atoms with Crippen LogP contribution in [0.15, 0.2) is 10.7 Å². The second-order valence-electron chi connectivity index (χ2n) is 4.57. The highest BCUT2D eigenvalue weighted by Crippen LogP contribution is 2.39. The molecule has 1 aliphatic carbocycles. The Morgan fingerprint density at radius 3 is 2.82 bits per heavy atom. The lowest BCUT2D eigenvalue weighted by Gasteiger charge is -2.06. The Kier molecular flexibility index (Phi) is 4.77. The molecule has 2 rings (SSSR count). The van der Waals surface area contributed by atoms with E-state index in [1.807, 2.05) is 6.07 Å². The molecule has 1 aromatic rings. The molecule has 0 aliphatic heterocycles. The summed E-state index contributed by atoms with van der Waals surface area (Å²) < 4.78 is 6.50. The fourth-order valence-electron chi connectivity index (χ4n) is 1.72. The number of ether oxygens (including phenoxy) is 1. The van der Waals surface area contributed by atoms with Crippen molar-refractivity contribution in [2.75, 3.05) is 6.61 Å². The van der Waals surface area contributed by atoms with Crippen LogP contribution in [0.2, 0.25) is 0 Å². The average Bonchev–Trinajstić information content (AvgIpc) is 3.12. The highest BCUT2D eigenvalue weighted by atomic mass is 79.9. The molecule has 1 heterocycles. The lowest BCUT2D eigenvalue weighted by molar-refractivity contribution is 0.292. The summed E-state index contributed by atoms with van der Waals surface area (Å²) in [5.41, 5.74) is 0. The van der Waals surface area contributed by atoms with Crippen molar-refractivity contribution in [3.63, 3.8) is 0 Å². The van der Waals surface area contributed by atoms with Gasteiger partial charge in [0.1, 0.15) is 10.4 Å². The largest absolute Gasteiger partial charge is 0.478 e. The monoisotopic (exact) mass is 298 g/mol. The molecule has 0 bridgehead atoms. The molecule has 0 aromatic carbocycles. The molecule has 1 fully saturated rings. The van der Waals surface area contributed by atoms with Gasteiger partial charge in [0.25, 0.3) is 0 Å². The second kappa shape index (κ2) is 6.34. The molecule has 0 N–H and O–H groups in total. The number of rotatable bonds is 7. The minimum atomic E-state index is 0.565. The summed E-state index contributed by atoms with van der Waals surface area (Å²) in [4.78, 5) is 8.83. The van der Waals surface area contributed by atoms with E-state index in [1.54, 1.807) is 0 Å². The molecule has 1 aromatic heterocycles. The van der Waals surface area contributed by atoms with E-state index in [-0.39, 0.29) is 0 Å².